The van der Waals surface area contributed by atoms with Gasteiger partial charge in [-0.05, 0) is 49.6 Å². The summed E-state index contributed by atoms with van der Waals surface area (Å²) in [4.78, 5) is 29.4. The average molecular weight is 553 g/mol. The topological polar surface area (TPSA) is 157 Å². The molecule has 1 atom stereocenters. The van der Waals surface area contributed by atoms with Crippen LogP contribution in [0.15, 0.2) is 40.9 Å². The molecular formula is C25H27F3N4O7. The molecule has 0 bridgehead atoms. The molecule has 0 aliphatic carbocycles. The Morgan fingerprint density at radius 1 is 1.08 bits per heavy atom. The lowest BCUT2D eigenvalue weighted by Crippen LogP contribution is -2.21. The molecule has 3 N–H and O–H groups in total. The van der Waals surface area contributed by atoms with Gasteiger partial charge in [-0.2, -0.15) is 18.2 Å². The Bertz CT molecular complexity index is 1270. The maximum atomic E-state index is 11.4. The van der Waals surface area contributed by atoms with Gasteiger partial charge in [-0.15, -0.1) is 0 Å². The molecule has 14 heteroatoms. The number of aryl methyl sites for hydroxylation is 2. The van der Waals surface area contributed by atoms with Gasteiger partial charge < -0.3 is 29.5 Å². The Labute approximate surface area is 221 Å². The summed E-state index contributed by atoms with van der Waals surface area (Å²) < 4.78 is 47.9. The van der Waals surface area contributed by atoms with Crippen molar-refractivity contribution in [3.05, 3.63) is 59.4 Å². The van der Waals surface area contributed by atoms with Crippen molar-refractivity contribution in [1.82, 2.24) is 15.1 Å². The maximum absolute atomic E-state index is 11.4. The second kappa shape index (κ2) is 13.4. The lowest BCUT2D eigenvalue weighted by atomic mass is 9.92. The van der Waals surface area contributed by atoms with Crippen LogP contribution in [0.3, 0.4) is 0 Å². The molecule has 0 amide bonds. The summed E-state index contributed by atoms with van der Waals surface area (Å²) in [5.41, 5.74) is 1.85. The number of fused-ring (bicyclic) bond motifs is 1. The summed E-state index contributed by atoms with van der Waals surface area (Å²) in [6, 6.07) is 11.4. The number of carbonyl (C=O) groups is 2. The first-order valence-electron chi connectivity index (χ1n) is 12.0. The van der Waals surface area contributed by atoms with Crippen LogP contribution in [0.5, 0.6) is 11.5 Å². The Kier molecular flexibility index (Phi) is 10.1. The molecule has 1 aliphatic heterocycles. The fourth-order valence-electron chi connectivity index (χ4n) is 3.70. The first-order valence-corrected chi connectivity index (χ1v) is 12.0. The number of aliphatic carboxylic acids is 2. The number of hydrogen-bond donors (Lipinski definition) is 3. The summed E-state index contributed by atoms with van der Waals surface area (Å²) in [7, 11) is 0. The van der Waals surface area contributed by atoms with Gasteiger partial charge in [0.1, 0.15) is 5.82 Å². The van der Waals surface area contributed by atoms with Crippen molar-refractivity contribution in [3.8, 4) is 11.5 Å². The number of carboxylic acid groups (broad SMARTS) is 2. The maximum Gasteiger partial charge on any atom is 0.490 e. The molecule has 0 fully saturated rings. The minimum Gasteiger partial charge on any atom is -0.481 e. The average Bonchev–Trinajstić information content (AvgIpc) is 3.52. The summed E-state index contributed by atoms with van der Waals surface area (Å²) in [5.74, 6) is -0.761. The molecule has 39 heavy (non-hydrogen) atoms. The molecule has 210 valence electrons. The Morgan fingerprint density at radius 2 is 1.82 bits per heavy atom. The summed E-state index contributed by atoms with van der Waals surface area (Å²) in [5, 5.41) is 23.8. The van der Waals surface area contributed by atoms with Crippen molar-refractivity contribution in [2.24, 2.45) is 0 Å². The van der Waals surface area contributed by atoms with Crippen LogP contribution >= 0.6 is 0 Å². The summed E-state index contributed by atoms with van der Waals surface area (Å²) in [6.07, 6.45) is -2.50. The fraction of sp³-hybridized carbons (Fsp3) is 0.400. The van der Waals surface area contributed by atoms with E-state index in [4.69, 9.17) is 23.9 Å². The normalized spacial score (nSPS) is 12.8. The minimum atomic E-state index is -5.08. The van der Waals surface area contributed by atoms with Gasteiger partial charge in [0.25, 0.3) is 0 Å². The number of halogens is 3. The number of nitrogens with one attached hydrogen (secondary N) is 1. The Morgan fingerprint density at radius 3 is 2.51 bits per heavy atom. The van der Waals surface area contributed by atoms with E-state index in [0.717, 1.165) is 36.5 Å². The highest BCUT2D eigenvalue weighted by Crippen LogP contribution is 2.36. The lowest BCUT2D eigenvalue weighted by molar-refractivity contribution is -0.192. The van der Waals surface area contributed by atoms with Gasteiger partial charge in [0.05, 0.1) is 6.42 Å². The SMILES string of the molecule is CCNc1cccc(CCCc2noc(CC(CC(=O)O)c3ccc4c(c3)OCO4)n2)n1.O=C(O)C(F)(F)F. The molecule has 2 aromatic heterocycles. The van der Waals surface area contributed by atoms with E-state index in [9.17, 15) is 23.1 Å². The van der Waals surface area contributed by atoms with E-state index in [1.165, 1.54) is 0 Å². The molecule has 1 aromatic carbocycles. The largest absolute Gasteiger partial charge is 0.490 e. The number of carboxylic acids is 2. The van der Waals surface area contributed by atoms with Crippen LogP contribution in [0, 0.1) is 0 Å². The number of anilines is 1. The third kappa shape index (κ3) is 9.16. The van der Waals surface area contributed by atoms with E-state index in [2.05, 4.69) is 20.4 Å². The number of alkyl halides is 3. The standard InChI is InChI=1S/C23H26N4O5.C2HF3O2/c1-2-24-20-7-3-5-17(25-20)6-4-8-21-26-22(32-27-21)12-16(13-23(28)29)15-9-10-18-19(11-15)31-14-30-18;3-2(4,5)1(6)7/h3,5,7,9-11,16H,2,4,6,8,12-14H2,1H3,(H,24,25)(H,28,29);(H,6,7). The molecule has 0 saturated heterocycles. The number of nitrogens with zero attached hydrogens (tertiary/aromatic N) is 3. The number of aromatic nitrogens is 3. The second-order valence-electron chi connectivity index (χ2n) is 8.42. The van der Waals surface area contributed by atoms with Gasteiger partial charge in [-0.25, -0.2) is 9.78 Å². The highest BCUT2D eigenvalue weighted by Gasteiger charge is 2.38. The highest BCUT2D eigenvalue weighted by molar-refractivity contribution is 5.73. The van der Waals surface area contributed by atoms with Crippen molar-refractivity contribution in [2.75, 3.05) is 18.7 Å². The minimum absolute atomic E-state index is 0.0504. The molecule has 3 aromatic rings. The van der Waals surface area contributed by atoms with E-state index in [-0.39, 0.29) is 19.1 Å². The fourth-order valence-corrected chi connectivity index (χ4v) is 3.70. The number of pyridine rings is 1. The third-order valence-electron chi connectivity index (χ3n) is 5.46. The first kappa shape index (κ1) is 29.2. The molecule has 3 heterocycles. The molecule has 11 nitrogen and oxygen atoms in total. The van der Waals surface area contributed by atoms with Crippen LogP contribution in [0.1, 0.15) is 48.7 Å². The molecular weight excluding hydrogens is 525 g/mol. The third-order valence-corrected chi connectivity index (χ3v) is 5.46. The second-order valence-corrected chi connectivity index (χ2v) is 8.42. The monoisotopic (exact) mass is 552 g/mol. The summed E-state index contributed by atoms with van der Waals surface area (Å²) in [6.45, 7) is 3.04. The van der Waals surface area contributed by atoms with Crippen LogP contribution in [-0.2, 0) is 28.9 Å². The van der Waals surface area contributed by atoms with Crippen molar-refractivity contribution >= 4 is 17.8 Å². The van der Waals surface area contributed by atoms with E-state index in [1.807, 2.05) is 37.3 Å². The zero-order valence-electron chi connectivity index (χ0n) is 20.9. The zero-order chi connectivity index (χ0) is 28.4. The quantitative estimate of drug-likeness (QED) is 0.313. The van der Waals surface area contributed by atoms with Crippen LogP contribution in [0.25, 0.3) is 0 Å². The van der Waals surface area contributed by atoms with E-state index < -0.39 is 18.1 Å². The molecule has 0 saturated carbocycles. The number of rotatable bonds is 11. The molecule has 4 rings (SSSR count). The lowest BCUT2D eigenvalue weighted by Gasteiger charge is -2.13. The molecule has 0 radical (unpaired) electrons. The molecule has 0 spiro atoms. The van der Waals surface area contributed by atoms with E-state index >= 15 is 0 Å². The Hall–Kier alpha value is -4.36. The van der Waals surface area contributed by atoms with Gasteiger partial charge in [-0.3, -0.25) is 4.79 Å². The predicted molar refractivity (Wildman–Crippen MR) is 130 cm³/mol. The highest BCUT2D eigenvalue weighted by atomic mass is 19.4. The smallest absolute Gasteiger partial charge is 0.481 e. The Balaban J connectivity index is 0.000000532. The van der Waals surface area contributed by atoms with Crippen molar-refractivity contribution < 1.29 is 47.0 Å². The van der Waals surface area contributed by atoms with Crippen LogP contribution in [0.4, 0.5) is 19.0 Å². The van der Waals surface area contributed by atoms with Crippen molar-refractivity contribution in [2.45, 2.75) is 51.1 Å². The van der Waals surface area contributed by atoms with Crippen molar-refractivity contribution in [3.63, 3.8) is 0 Å². The van der Waals surface area contributed by atoms with Gasteiger partial charge in [-0.1, -0.05) is 17.3 Å². The van der Waals surface area contributed by atoms with Crippen molar-refractivity contribution in [1.29, 1.82) is 0 Å². The number of benzene rings is 1. The molecule has 1 aliphatic rings. The van der Waals surface area contributed by atoms with Gasteiger partial charge in [0.2, 0.25) is 12.7 Å². The first-order chi connectivity index (χ1) is 18.5. The summed E-state index contributed by atoms with van der Waals surface area (Å²) >= 11 is 0. The van der Waals surface area contributed by atoms with Gasteiger partial charge in [0, 0.05) is 31.0 Å². The van der Waals surface area contributed by atoms with Crippen LogP contribution < -0.4 is 14.8 Å². The number of hydrogen-bond acceptors (Lipinski definition) is 9. The molecule has 1 unspecified atom stereocenters. The van der Waals surface area contributed by atoms with E-state index in [0.29, 0.717) is 36.1 Å². The number of ether oxygens (including phenoxy) is 2. The zero-order valence-corrected chi connectivity index (χ0v) is 20.9. The van der Waals surface area contributed by atoms with Gasteiger partial charge >= 0.3 is 18.1 Å². The van der Waals surface area contributed by atoms with E-state index in [1.54, 1.807) is 6.07 Å². The van der Waals surface area contributed by atoms with Crippen LogP contribution in [0.2, 0.25) is 0 Å². The van der Waals surface area contributed by atoms with Crippen LogP contribution in [-0.4, -0.2) is 56.8 Å². The van der Waals surface area contributed by atoms with Gasteiger partial charge in [0.15, 0.2) is 17.3 Å². The predicted octanol–water partition coefficient (Wildman–Crippen LogP) is 4.23.